The maximum absolute atomic E-state index is 12.7. The van der Waals surface area contributed by atoms with E-state index in [0.717, 1.165) is 12.1 Å². The van der Waals surface area contributed by atoms with Crippen molar-refractivity contribution in [3.8, 4) is 0 Å². The molecule has 0 aromatic heterocycles. The van der Waals surface area contributed by atoms with Gasteiger partial charge >= 0.3 is 6.18 Å². The molecule has 0 saturated carbocycles. The summed E-state index contributed by atoms with van der Waals surface area (Å²) in [6.45, 7) is 2.44. The van der Waals surface area contributed by atoms with Crippen LogP contribution >= 0.6 is 0 Å². The highest BCUT2D eigenvalue weighted by atomic mass is 19.4. The zero-order valence-corrected chi connectivity index (χ0v) is 12.2. The number of carbonyl (C=O) groups excluding carboxylic acids is 1. The number of ether oxygens (including phenoxy) is 1. The van der Waals surface area contributed by atoms with E-state index in [4.69, 9.17) is 10.5 Å². The van der Waals surface area contributed by atoms with Crippen LogP contribution in [0.4, 0.5) is 13.2 Å². The van der Waals surface area contributed by atoms with Crippen LogP contribution in [0.1, 0.15) is 36.9 Å². The molecule has 1 fully saturated rings. The molecule has 1 amide bonds. The molecule has 0 aliphatic carbocycles. The Bertz CT molecular complexity index is 540. The molecule has 122 valence electrons. The van der Waals surface area contributed by atoms with Gasteiger partial charge < -0.3 is 15.8 Å². The zero-order valence-electron chi connectivity index (χ0n) is 12.2. The maximum Gasteiger partial charge on any atom is 0.416 e. The highest BCUT2D eigenvalue weighted by molar-refractivity contribution is 5.86. The summed E-state index contributed by atoms with van der Waals surface area (Å²) < 4.78 is 43.3. The third-order valence-electron chi connectivity index (χ3n) is 3.90. The fourth-order valence-electron chi connectivity index (χ4n) is 2.37. The number of amides is 1. The molecule has 2 rings (SSSR count). The number of hydrogen-bond acceptors (Lipinski definition) is 3. The molecule has 1 aliphatic rings. The van der Waals surface area contributed by atoms with E-state index in [1.165, 1.54) is 6.07 Å². The first-order chi connectivity index (χ1) is 10.2. The molecule has 1 aromatic rings. The smallest absolute Gasteiger partial charge is 0.381 e. The Morgan fingerprint density at radius 1 is 1.36 bits per heavy atom. The van der Waals surface area contributed by atoms with Crippen LogP contribution in [0.2, 0.25) is 0 Å². The number of rotatable bonds is 3. The third kappa shape index (κ3) is 3.78. The molecule has 0 spiro atoms. The summed E-state index contributed by atoms with van der Waals surface area (Å²) in [7, 11) is 0. The van der Waals surface area contributed by atoms with Crippen molar-refractivity contribution in [3.05, 3.63) is 35.4 Å². The van der Waals surface area contributed by atoms with Crippen LogP contribution in [-0.2, 0) is 15.7 Å². The minimum atomic E-state index is -4.41. The molecule has 1 atom stereocenters. The summed E-state index contributed by atoms with van der Waals surface area (Å²) in [5.74, 6) is -0.360. The van der Waals surface area contributed by atoms with Gasteiger partial charge in [-0.2, -0.15) is 13.2 Å². The molecule has 1 unspecified atom stereocenters. The first kappa shape index (κ1) is 16.8. The van der Waals surface area contributed by atoms with Crippen LogP contribution in [-0.4, -0.2) is 24.7 Å². The van der Waals surface area contributed by atoms with E-state index in [9.17, 15) is 18.0 Å². The predicted octanol–water partition coefficient (Wildman–Crippen LogP) is 2.39. The number of nitrogens with two attached hydrogens (primary N) is 1. The molecule has 1 heterocycles. The average molecular weight is 316 g/mol. The highest BCUT2D eigenvalue weighted by Gasteiger charge is 2.37. The van der Waals surface area contributed by atoms with Gasteiger partial charge in [-0.3, -0.25) is 4.79 Å². The molecular weight excluding hydrogens is 297 g/mol. The molecule has 1 aromatic carbocycles. The Hall–Kier alpha value is -1.60. The molecule has 7 heteroatoms. The summed E-state index contributed by atoms with van der Waals surface area (Å²) in [4.78, 5) is 12.3. The number of alkyl halides is 3. The van der Waals surface area contributed by atoms with Gasteiger partial charge in [0.15, 0.2) is 0 Å². The topological polar surface area (TPSA) is 64.4 Å². The van der Waals surface area contributed by atoms with Crippen molar-refractivity contribution >= 4 is 5.91 Å². The Morgan fingerprint density at radius 2 is 2.00 bits per heavy atom. The van der Waals surface area contributed by atoms with Gasteiger partial charge in [0.2, 0.25) is 5.91 Å². The van der Waals surface area contributed by atoms with E-state index in [1.54, 1.807) is 13.0 Å². The lowest BCUT2D eigenvalue weighted by Gasteiger charge is -2.33. The lowest BCUT2D eigenvalue weighted by Crippen LogP contribution is -2.57. The van der Waals surface area contributed by atoms with E-state index in [2.05, 4.69) is 5.32 Å². The predicted molar refractivity (Wildman–Crippen MR) is 75.0 cm³/mol. The molecule has 1 aliphatic heterocycles. The van der Waals surface area contributed by atoms with Gasteiger partial charge in [-0.15, -0.1) is 0 Å². The van der Waals surface area contributed by atoms with Crippen molar-refractivity contribution in [2.75, 3.05) is 13.2 Å². The highest BCUT2D eigenvalue weighted by Crippen LogP contribution is 2.31. The quantitative estimate of drug-likeness (QED) is 0.900. The second-order valence-corrected chi connectivity index (χ2v) is 5.59. The molecule has 0 radical (unpaired) electrons. The van der Waals surface area contributed by atoms with Gasteiger partial charge in [0, 0.05) is 13.2 Å². The lowest BCUT2D eigenvalue weighted by molar-refractivity contribution is -0.137. The van der Waals surface area contributed by atoms with Crippen LogP contribution in [0.15, 0.2) is 24.3 Å². The van der Waals surface area contributed by atoms with Crippen molar-refractivity contribution in [1.82, 2.24) is 5.32 Å². The Balaban J connectivity index is 2.09. The minimum absolute atomic E-state index is 0.360. The van der Waals surface area contributed by atoms with Crippen LogP contribution in [0, 0.1) is 0 Å². The van der Waals surface area contributed by atoms with Gasteiger partial charge in [-0.1, -0.05) is 12.1 Å². The van der Waals surface area contributed by atoms with Crippen LogP contribution in [0.5, 0.6) is 0 Å². The van der Waals surface area contributed by atoms with E-state index < -0.39 is 23.3 Å². The summed E-state index contributed by atoms with van der Waals surface area (Å²) in [5, 5.41) is 2.70. The van der Waals surface area contributed by atoms with Crippen molar-refractivity contribution in [1.29, 1.82) is 0 Å². The number of hydrogen-bond donors (Lipinski definition) is 2. The summed E-state index contributed by atoms with van der Waals surface area (Å²) >= 11 is 0. The fraction of sp³-hybridized carbons (Fsp3) is 0.533. The van der Waals surface area contributed by atoms with E-state index >= 15 is 0 Å². The van der Waals surface area contributed by atoms with Crippen molar-refractivity contribution in [2.24, 2.45) is 5.73 Å². The van der Waals surface area contributed by atoms with E-state index in [0.29, 0.717) is 31.6 Å². The number of nitrogens with one attached hydrogen (secondary N) is 1. The summed E-state index contributed by atoms with van der Waals surface area (Å²) in [6.07, 6.45) is -3.61. The number of benzene rings is 1. The zero-order chi connectivity index (χ0) is 16.4. The number of halogens is 3. The maximum atomic E-state index is 12.7. The monoisotopic (exact) mass is 316 g/mol. The van der Waals surface area contributed by atoms with Crippen molar-refractivity contribution in [2.45, 2.75) is 37.5 Å². The standard InChI is InChI=1S/C15H19F3N2O2/c1-10(11-3-2-4-12(9-11)15(16,17)18)20-13(21)14(19)5-7-22-8-6-14/h2-4,9-10H,5-8,19H2,1H3,(H,20,21). The molecule has 4 nitrogen and oxygen atoms in total. The summed E-state index contributed by atoms with van der Waals surface area (Å²) in [5.41, 5.74) is 4.69. The first-order valence-corrected chi connectivity index (χ1v) is 7.07. The fourth-order valence-corrected chi connectivity index (χ4v) is 2.37. The normalized spacial score (nSPS) is 19.5. The average Bonchev–Trinajstić information content (AvgIpc) is 2.47. The van der Waals surface area contributed by atoms with Gasteiger partial charge in [0.25, 0.3) is 0 Å². The van der Waals surface area contributed by atoms with Gasteiger partial charge in [-0.05, 0) is 37.5 Å². The van der Waals surface area contributed by atoms with Crippen LogP contribution in [0.25, 0.3) is 0 Å². The SMILES string of the molecule is CC(NC(=O)C1(N)CCOCC1)c1cccc(C(F)(F)F)c1. The van der Waals surface area contributed by atoms with Crippen molar-refractivity contribution in [3.63, 3.8) is 0 Å². The van der Waals surface area contributed by atoms with Gasteiger partial charge in [-0.25, -0.2) is 0 Å². The Morgan fingerprint density at radius 3 is 2.59 bits per heavy atom. The Labute approximate surface area is 126 Å². The van der Waals surface area contributed by atoms with Crippen LogP contribution < -0.4 is 11.1 Å². The second kappa shape index (κ2) is 6.26. The molecule has 3 N–H and O–H groups in total. The number of carbonyl (C=O) groups is 1. The van der Waals surface area contributed by atoms with Gasteiger partial charge in [0.05, 0.1) is 17.1 Å². The largest absolute Gasteiger partial charge is 0.416 e. The van der Waals surface area contributed by atoms with Gasteiger partial charge in [0.1, 0.15) is 0 Å². The first-order valence-electron chi connectivity index (χ1n) is 7.07. The lowest BCUT2D eigenvalue weighted by atomic mass is 9.90. The molecule has 1 saturated heterocycles. The van der Waals surface area contributed by atoms with Crippen LogP contribution in [0.3, 0.4) is 0 Å². The Kier molecular flexibility index (Phi) is 4.77. The second-order valence-electron chi connectivity index (χ2n) is 5.59. The van der Waals surface area contributed by atoms with E-state index in [1.807, 2.05) is 0 Å². The third-order valence-corrected chi connectivity index (χ3v) is 3.90. The molecular formula is C15H19F3N2O2. The van der Waals surface area contributed by atoms with Crippen molar-refractivity contribution < 1.29 is 22.7 Å². The molecule has 0 bridgehead atoms. The summed E-state index contributed by atoms with van der Waals surface area (Å²) in [6, 6.07) is 4.36. The molecule has 22 heavy (non-hydrogen) atoms. The van der Waals surface area contributed by atoms with E-state index in [-0.39, 0.29) is 5.91 Å². The minimum Gasteiger partial charge on any atom is -0.381 e.